The van der Waals surface area contributed by atoms with Gasteiger partial charge in [0, 0.05) is 19.4 Å². The molecule has 208 valence electrons. The fourth-order valence-corrected chi connectivity index (χ4v) is 4.59. The van der Waals surface area contributed by atoms with Gasteiger partial charge in [0.1, 0.15) is 18.1 Å². The van der Waals surface area contributed by atoms with Crippen molar-refractivity contribution < 1.29 is 34.2 Å². The molecular weight excluding hydrogens is 504 g/mol. The molecule has 6 N–H and O–H groups in total. The first-order chi connectivity index (χ1) is 18.7. The Labute approximate surface area is 226 Å². The topological polar surface area (TPSA) is 179 Å². The van der Waals surface area contributed by atoms with Gasteiger partial charge in [-0.3, -0.25) is 19.2 Å². The van der Waals surface area contributed by atoms with E-state index in [2.05, 4.69) is 10.6 Å². The maximum Gasteiger partial charge on any atom is 0.326 e. The second-order valence-electron chi connectivity index (χ2n) is 9.57. The van der Waals surface area contributed by atoms with Crippen molar-refractivity contribution >= 4 is 29.7 Å². The lowest BCUT2D eigenvalue weighted by Gasteiger charge is -2.30. The van der Waals surface area contributed by atoms with Crippen molar-refractivity contribution in [3.05, 3.63) is 71.8 Å². The largest absolute Gasteiger partial charge is 0.481 e. The van der Waals surface area contributed by atoms with Crippen LogP contribution in [-0.2, 0) is 36.8 Å². The number of nitrogens with two attached hydrogens (primary N) is 1. The molecule has 1 aliphatic rings. The summed E-state index contributed by atoms with van der Waals surface area (Å²) in [5.74, 6) is -4.19. The molecule has 3 amide bonds. The average molecular weight is 539 g/mol. The van der Waals surface area contributed by atoms with E-state index >= 15 is 0 Å². The Kier molecular flexibility index (Phi) is 10.6. The van der Waals surface area contributed by atoms with Gasteiger partial charge in [-0.25, -0.2) is 4.79 Å². The third-order valence-electron chi connectivity index (χ3n) is 6.63. The van der Waals surface area contributed by atoms with Crippen LogP contribution < -0.4 is 16.4 Å². The SMILES string of the molecule is NC(Cc1ccccc1)C(=O)NC(CCC(=O)O)C(=O)N1CCCC1C(=O)NC(Cc1ccccc1)C(=O)O. The lowest BCUT2D eigenvalue weighted by Crippen LogP contribution is -2.57. The van der Waals surface area contributed by atoms with Gasteiger partial charge in [0.05, 0.1) is 6.04 Å². The Morgan fingerprint density at radius 2 is 1.46 bits per heavy atom. The fourth-order valence-electron chi connectivity index (χ4n) is 4.59. The molecule has 4 atom stereocenters. The summed E-state index contributed by atoms with van der Waals surface area (Å²) in [7, 11) is 0. The summed E-state index contributed by atoms with van der Waals surface area (Å²) in [6.45, 7) is 0.211. The number of carbonyl (C=O) groups is 5. The highest BCUT2D eigenvalue weighted by Crippen LogP contribution is 2.20. The summed E-state index contributed by atoms with van der Waals surface area (Å²) in [6.07, 6.45) is 0.524. The van der Waals surface area contributed by atoms with Gasteiger partial charge in [-0.2, -0.15) is 0 Å². The zero-order valence-electron chi connectivity index (χ0n) is 21.5. The quantitative estimate of drug-likeness (QED) is 0.247. The minimum absolute atomic E-state index is 0.0686. The van der Waals surface area contributed by atoms with Crippen molar-refractivity contribution in [1.82, 2.24) is 15.5 Å². The Balaban J connectivity index is 1.69. The molecule has 39 heavy (non-hydrogen) atoms. The summed E-state index contributed by atoms with van der Waals surface area (Å²) in [4.78, 5) is 63.8. The van der Waals surface area contributed by atoms with Crippen LogP contribution in [0.2, 0.25) is 0 Å². The van der Waals surface area contributed by atoms with Crippen LogP contribution in [0.5, 0.6) is 0 Å². The van der Waals surface area contributed by atoms with Gasteiger partial charge in [-0.1, -0.05) is 60.7 Å². The highest BCUT2D eigenvalue weighted by Gasteiger charge is 2.39. The molecule has 4 unspecified atom stereocenters. The van der Waals surface area contributed by atoms with Crippen molar-refractivity contribution in [2.45, 2.75) is 62.7 Å². The summed E-state index contributed by atoms with van der Waals surface area (Å²) in [5, 5.41) is 23.9. The van der Waals surface area contributed by atoms with E-state index in [-0.39, 0.29) is 32.2 Å². The molecule has 1 aliphatic heterocycles. The number of carboxylic acid groups (broad SMARTS) is 2. The number of hydrogen-bond acceptors (Lipinski definition) is 6. The first kappa shape index (κ1) is 29.3. The predicted molar refractivity (Wildman–Crippen MR) is 141 cm³/mol. The van der Waals surface area contributed by atoms with Crippen molar-refractivity contribution in [3.63, 3.8) is 0 Å². The third kappa shape index (κ3) is 8.64. The molecule has 0 bridgehead atoms. The summed E-state index contributed by atoms with van der Waals surface area (Å²) < 4.78 is 0. The van der Waals surface area contributed by atoms with E-state index in [4.69, 9.17) is 5.73 Å². The highest BCUT2D eigenvalue weighted by molar-refractivity contribution is 5.94. The fraction of sp³-hybridized carbons (Fsp3) is 0.393. The molecule has 11 nitrogen and oxygen atoms in total. The zero-order chi connectivity index (χ0) is 28.4. The van der Waals surface area contributed by atoms with E-state index in [1.165, 1.54) is 4.90 Å². The molecule has 1 heterocycles. The number of benzene rings is 2. The molecule has 1 fully saturated rings. The predicted octanol–water partition coefficient (Wildman–Crippen LogP) is 0.709. The van der Waals surface area contributed by atoms with Gasteiger partial charge in [0.15, 0.2) is 0 Å². The number of likely N-dealkylation sites (tertiary alicyclic amines) is 1. The molecule has 0 aromatic heterocycles. The van der Waals surface area contributed by atoms with Gasteiger partial charge in [0.25, 0.3) is 0 Å². The van der Waals surface area contributed by atoms with E-state index in [0.717, 1.165) is 11.1 Å². The van der Waals surface area contributed by atoms with Crippen LogP contribution in [0.1, 0.15) is 36.8 Å². The van der Waals surface area contributed by atoms with Crippen LogP contribution in [0.25, 0.3) is 0 Å². The van der Waals surface area contributed by atoms with E-state index in [1.54, 1.807) is 30.3 Å². The number of nitrogens with zero attached hydrogens (tertiary/aromatic N) is 1. The van der Waals surface area contributed by atoms with E-state index < -0.39 is 53.8 Å². The number of hydrogen-bond donors (Lipinski definition) is 5. The molecule has 0 radical (unpaired) electrons. The lowest BCUT2D eigenvalue weighted by atomic mass is 10.0. The van der Waals surface area contributed by atoms with Crippen molar-refractivity contribution in [2.75, 3.05) is 6.54 Å². The third-order valence-corrected chi connectivity index (χ3v) is 6.63. The van der Waals surface area contributed by atoms with Crippen LogP contribution in [0.3, 0.4) is 0 Å². The Hall–Kier alpha value is -4.25. The van der Waals surface area contributed by atoms with Crippen LogP contribution in [0, 0.1) is 0 Å². The number of aliphatic carboxylic acids is 2. The molecule has 3 rings (SSSR count). The Bertz CT molecular complexity index is 1160. The van der Waals surface area contributed by atoms with Crippen LogP contribution in [0.15, 0.2) is 60.7 Å². The first-order valence-corrected chi connectivity index (χ1v) is 12.8. The van der Waals surface area contributed by atoms with Crippen molar-refractivity contribution in [2.24, 2.45) is 5.73 Å². The van der Waals surface area contributed by atoms with Gasteiger partial charge in [0.2, 0.25) is 17.7 Å². The molecule has 1 saturated heterocycles. The van der Waals surface area contributed by atoms with Crippen LogP contribution >= 0.6 is 0 Å². The van der Waals surface area contributed by atoms with E-state index in [9.17, 15) is 34.2 Å². The van der Waals surface area contributed by atoms with E-state index in [1.807, 2.05) is 30.3 Å². The van der Waals surface area contributed by atoms with Gasteiger partial charge in [-0.15, -0.1) is 0 Å². The zero-order valence-corrected chi connectivity index (χ0v) is 21.5. The smallest absolute Gasteiger partial charge is 0.326 e. The standard InChI is InChI=1S/C28H34N4O7/c29-20(16-18-8-3-1-4-9-18)25(35)30-21(13-14-24(33)34)27(37)32-15-7-12-23(32)26(36)31-22(28(38)39)17-19-10-5-2-6-11-19/h1-6,8-11,20-23H,7,12-17,29H2,(H,30,35)(H,31,36)(H,33,34)(H,38,39). The summed E-state index contributed by atoms with van der Waals surface area (Å²) in [5.41, 5.74) is 7.61. The molecule has 11 heteroatoms. The summed E-state index contributed by atoms with van der Waals surface area (Å²) in [6, 6.07) is 13.6. The monoisotopic (exact) mass is 538 g/mol. The second kappa shape index (κ2) is 14.1. The maximum atomic E-state index is 13.5. The molecule has 2 aromatic carbocycles. The lowest BCUT2D eigenvalue weighted by molar-refractivity contribution is -0.145. The number of carbonyl (C=O) groups excluding carboxylic acids is 3. The van der Waals surface area contributed by atoms with Gasteiger partial charge >= 0.3 is 11.9 Å². The molecular formula is C28H34N4O7. The summed E-state index contributed by atoms with van der Waals surface area (Å²) >= 11 is 0. The first-order valence-electron chi connectivity index (χ1n) is 12.8. The number of nitrogens with one attached hydrogen (secondary N) is 2. The van der Waals surface area contributed by atoms with Crippen molar-refractivity contribution in [1.29, 1.82) is 0 Å². The van der Waals surface area contributed by atoms with E-state index in [0.29, 0.717) is 12.8 Å². The Morgan fingerprint density at radius 1 is 0.872 bits per heavy atom. The Morgan fingerprint density at radius 3 is 2.03 bits per heavy atom. The minimum Gasteiger partial charge on any atom is -0.481 e. The molecule has 0 saturated carbocycles. The second-order valence-corrected chi connectivity index (χ2v) is 9.57. The molecule has 0 aliphatic carbocycles. The highest BCUT2D eigenvalue weighted by atomic mass is 16.4. The number of rotatable bonds is 13. The molecule has 2 aromatic rings. The number of carboxylic acids is 2. The molecule has 0 spiro atoms. The van der Waals surface area contributed by atoms with Gasteiger partial charge < -0.3 is 31.5 Å². The normalized spacial score (nSPS) is 17.1. The van der Waals surface area contributed by atoms with Crippen molar-refractivity contribution in [3.8, 4) is 0 Å². The minimum atomic E-state index is -1.21. The van der Waals surface area contributed by atoms with Crippen LogP contribution in [0.4, 0.5) is 0 Å². The van der Waals surface area contributed by atoms with Gasteiger partial charge in [-0.05, 0) is 36.8 Å². The van der Waals surface area contributed by atoms with Crippen LogP contribution in [-0.4, -0.2) is 75.5 Å². The maximum absolute atomic E-state index is 13.5. The number of amides is 3. The average Bonchev–Trinajstić information content (AvgIpc) is 3.41.